The van der Waals surface area contributed by atoms with Gasteiger partial charge in [-0.25, -0.2) is 4.39 Å². The van der Waals surface area contributed by atoms with E-state index in [1.165, 1.54) is 19.2 Å². The summed E-state index contributed by atoms with van der Waals surface area (Å²) < 4.78 is 18.2. The Bertz CT molecular complexity index is 419. The zero-order valence-corrected chi connectivity index (χ0v) is 9.74. The number of carbonyl (C=O) groups is 1. The van der Waals surface area contributed by atoms with Crippen LogP contribution in [0, 0.1) is 5.82 Å². The molecule has 0 bridgehead atoms. The van der Waals surface area contributed by atoms with Crippen LogP contribution in [-0.2, 0) is 10.4 Å². The van der Waals surface area contributed by atoms with Crippen LogP contribution in [0.3, 0.4) is 0 Å². The molecule has 0 fully saturated rings. The maximum absolute atomic E-state index is 13.2. The van der Waals surface area contributed by atoms with E-state index in [4.69, 9.17) is 9.84 Å². The van der Waals surface area contributed by atoms with Gasteiger partial charge in [-0.3, -0.25) is 4.79 Å². The van der Waals surface area contributed by atoms with Crippen LogP contribution < -0.4 is 4.74 Å². The van der Waals surface area contributed by atoms with Crippen molar-refractivity contribution in [2.45, 2.75) is 25.4 Å². The summed E-state index contributed by atoms with van der Waals surface area (Å²) in [5.74, 6) is -1.42. The number of aliphatic carboxylic acids is 1. The Labute approximate surface area is 98.7 Å². The van der Waals surface area contributed by atoms with E-state index in [1.54, 1.807) is 6.92 Å². The van der Waals surface area contributed by atoms with Gasteiger partial charge in [0.1, 0.15) is 17.2 Å². The fraction of sp³-hybridized carbons (Fsp3) is 0.417. The summed E-state index contributed by atoms with van der Waals surface area (Å²) >= 11 is 0. The van der Waals surface area contributed by atoms with Gasteiger partial charge in [0.05, 0.1) is 13.5 Å². The number of hydrogen-bond acceptors (Lipinski definition) is 3. The molecule has 0 heterocycles. The molecule has 0 spiro atoms. The number of hydrogen-bond donors (Lipinski definition) is 2. The summed E-state index contributed by atoms with van der Waals surface area (Å²) in [4.78, 5) is 10.7. The third-order valence-electron chi connectivity index (χ3n) is 2.69. The van der Waals surface area contributed by atoms with E-state index in [0.29, 0.717) is 0 Å². The Morgan fingerprint density at radius 3 is 2.65 bits per heavy atom. The van der Waals surface area contributed by atoms with Crippen LogP contribution in [0.4, 0.5) is 4.39 Å². The van der Waals surface area contributed by atoms with Gasteiger partial charge in [-0.05, 0) is 24.6 Å². The lowest BCUT2D eigenvalue weighted by atomic mass is 9.87. The first-order valence-electron chi connectivity index (χ1n) is 5.21. The van der Waals surface area contributed by atoms with Crippen LogP contribution in [0.1, 0.15) is 25.3 Å². The van der Waals surface area contributed by atoms with E-state index >= 15 is 0 Å². The van der Waals surface area contributed by atoms with E-state index in [9.17, 15) is 14.3 Å². The molecule has 0 aromatic heterocycles. The normalized spacial score (nSPS) is 14.1. The second kappa shape index (κ2) is 5.14. The first kappa shape index (κ1) is 13.4. The minimum Gasteiger partial charge on any atom is -0.496 e. The maximum atomic E-state index is 13.2. The molecule has 0 saturated heterocycles. The van der Waals surface area contributed by atoms with Crippen LogP contribution >= 0.6 is 0 Å². The summed E-state index contributed by atoms with van der Waals surface area (Å²) in [6.45, 7) is 1.63. The highest BCUT2D eigenvalue weighted by molar-refractivity contribution is 5.69. The molecule has 1 unspecified atom stereocenters. The molecule has 1 aromatic rings. The molecule has 5 heteroatoms. The predicted octanol–water partition coefficient (Wildman–Crippen LogP) is 1.91. The lowest BCUT2D eigenvalue weighted by Crippen LogP contribution is -2.29. The first-order valence-corrected chi connectivity index (χ1v) is 5.21. The number of carboxylic acids is 1. The molecule has 0 aliphatic rings. The van der Waals surface area contributed by atoms with Crippen molar-refractivity contribution in [2.24, 2.45) is 0 Å². The van der Waals surface area contributed by atoms with Crippen LogP contribution in [0.2, 0.25) is 0 Å². The van der Waals surface area contributed by atoms with Crippen molar-refractivity contribution in [2.75, 3.05) is 7.11 Å². The zero-order valence-electron chi connectivity index (χ0n) is 9.74. The van der Waals surface area contributed by atoms with Crippen LogP contribution in [0.25, 0.3) is 0 Å². The second-order valence-corrected chi connectivity index (χ2v) is 3.80. The standard InChI is InChI=1S/C12H15FO4/c1-3-12(16,7-11(14)15)9-6-8(13)4-5-10(9)17-2/h4-6,16H,3,7H2,1-2H3,(H,14,15). The topological polar surface area (TPSA) is 66.8 Å². The largest absolute Gasteiger partial charge is 0.496 e. The Morgan fingerprint density at radius 2 is 2.18 bits per heavy atom. The Balaban J connectivity index is 3.26. The van der Waals surface area contributed by atoms with E-state index in [2.05, 4.69) is 0 Å². The maximum Gasteiger partial charge on any atom is 0.306 e. The third kappa shape index (κ3) is 2.94. The summed E-state index contributed by atoms with van der Waals surface area (Å²) in [6.07, 6.45) is -0.345. The molecule has 4 nitrogen and oxygen atoms in total. The zero-order chi connectivity index (χ0) is 13.1. The minimum atomic E-state index is -1.63. The highest BCUT2D eigenvalue weighted by atomic mass is 19.1. The number of halogens is 1. The third-order valence-corrected chi connectivity index (χ3v) is 2.69. The fourth-order valence-electron chi connectivity index (χ4n) is 1.70. The van der Waals surface area contributed by atoms with E-state index in [1.807, 2.05) is 0 Å². The van der Waals surface area contributed by atoms with Crippen LogP contribution in [-0.4, -0.2) is 23.3 Å². The number of methoxy groups -OCH3 is 1. The van der Waals surface area contributed by atoms with Crippen LogP contribution in [0.5, 0.6) is 5.75 Å². The molecule has 17 heavy (non-hydrogen) atoms. The van der Waals surface area contributed by atoms with E-state index < -0.39 is 23.8 Å². The number of benzene rings is 1. The van der Waals surface area contributed by atoms with E-state index in [-0.39, 0.29) is 17.7 Å². The smallest absolute Gasteiger partial charge is 0.306 e. The lowest BCUT2D eigenvalue weighted by Gasteiger charge is -2.27. The molecule has 0 aliphatic heterocycles. The molecular formula is C12H15FO4. The molecule has 2 N–H and O–H groups in total. The Kier molecular flexibility index (Phi) is 4.07. The van der Waals surface area contributed by atoms with Crippen molar-refractivity contribution < 1.29 is 24.1 Å². The lowest BCUT2D eigenvalue weighted by molar-refractivity contribution is -0.143. The van der Waals surface area contributed by atoms with Crippen molar-refractivity contribution in [1.82, 2.24) is 0 Å². The Hall–Kier alpha value is -1.62. The summed E-state index contributed by atoms with van der Waals surface area (Å²) in [6, 6.07) is 3.66. The summed E-state index contributed by atoms with van der Waals surface area (Å²) in [7, 11) is 1.38. The predicted molar refractivity (Wildman–Crippen MR) is 59.4 cm³/mol. The van der Waals surface area contributed by atoms with Gasteiger partial charge in [0.15, 0.2) is 0 Å². The quantitative estimate of drug-likeness (QED) is 0.827. The van der Waals surface area contributed by atoms with Gasteiger partial charge in [-0.15, -0.1) is 0 Å². The summed E-state index contributed by atoms with van der Waals surface area (Å²) in [5.41, 5.74) is -1.47. The van der Waals surface area contributed by atoms with Crippen LogP contribution in [0.15, 0.2) is 18.2 Å². The van der Waals surface area contributed by atoms with Crippen molar-refractivity contribution in [3.63, 3.8) is 0 Å². The molecule has 0 radical (unpaired) electrons. The van der Waals surface area contributed by atoms with Gasteiger partial charge >= 0.3 is 5.97 Å². The average Bonchev–Trinajstić information content (AvgIpc) is 2.28. The minimum absolute atomic E-state index is 0.152. The number of ether oxygens (including phenoxy) is 1. The van der Waals surface area contributed by atoms with Gasteiger partial charge < -0.3 is 14.9 Å². The van der Waals surface area contributed by atoms with Crippen molar-refractivity contribution >= 4 is 5.97 Å². The highest BCUT2D eigenvalue weighted by Gasteiger charge is 2.33. The highest BCUT2D eigenvalue weighted by Crippen LogP contribution is 2.35. The van der Waals surface area contributed by atoms with E-state index in [0.717, 1.165) is 6.07 Å². The molecule has 0 aliphatic carbocycles. The van der Waals surface area contributed by atoms with Gasteiger partial charge in [0.2, 0.25) is 0 Å². The number of carboxylic acid groups (broad SMARTS) is 1. The number of rotatable bonds is 5. The molecular weight excluding hydrogens is 227 g/mol. The average molecular weight is 242 g/mol. The van der Waals surface area contributed by atoms with Gasteiger partial charge in [-0.2, -0.15) is 0 Å². The molecule has 1 atom stereocenters. The van der Waals surface area contributed by atoms with Gasteiger partial charge in [-0.1, -0.05) is 6.92 Å². The molecule has 1 rings (SSSR count). The first-order chi connectivity index (χ1) is 7.92. The molecule has 0 saturated carbocycles. The second-order valence-electron chi connectivity index (χ2n) is 3.80. The SMILES string of the molecule is CCC(O)(CC(=O)O)c1cc(F)ccc1OC. The van der Waals surface area contributed by atoms with Crippen molar-refractivity contribution in [3.05, 3.63) is 29.6 Å². The molecule has 94 valence electrons. The Morgan fingerprint density at radius 1 is 1.53 bits per heavy atom. The molecule has 0 amide bonds. The molecule has 1 aromatic carbocycles. The number of aliphatic hydroxyl groups is 1. The summed E-state index contributed by atoms with van der Waals surface area (Å²) in [5, 5.41) is 19.1. The van der Waals surface area contributed by atoms with Crippen molar-refractivity contribution in [1.29, 1.82) is 0 Å². The fourth-order valence-corrected chi connectivity index (χ4v) is 1.70. The van der Waals surface area contributed by atoms with Gasteiger partial charge in [0, 0.05) is 5.56 Å². The van der Waals surface area contributed by atoms with Crippen molar-refractivity contribution in [3.8, 4) is 5.75 Å². The van der Waals surface area contributed by atoms with Gasteiger partial charge in [0.25, 0.3) is 0 Å². The monoisotopic (exact) mass is 242 g/mol.